The third-order valence-corrected chi connectivity index (χ3v) is 7.52. The van der Waals surface area contributed by atoms with E-state index in [4.69, 9.17) is 4.42 Å². The number of nitrogens with zero attached hydrogens (tertiary/aromatic N) is 5. The lowest BCUT2D eigenvalue weighted by atomic mass is 9.79. The first-order chi connectivity index (χ1) is 17.9. The molecule has 0 radical (unpaired) electrons. The topological polar surface area (TPSA) is 127 Å². The molecule has 0 spiro atoms. The van der Waals surface area contributed by atoms with Gasteiger partial charge in [-0.2, -0.15) is 5.10 Å². The molecule has 0 unspecified atom stereocenters. The fourth-order valence-electron chi connectivity index (χ4n) is 5.40. The molecule has 1 atom stereocenters. The van der Waals surface area contributed by atoms with Crippen LogP contribution in [-0.2, 0) is 13.6 Å². The van der Waals surface area contributed by atoms with E-state index in [0.29, 0.717) is 29.5 Å². The lowest BCUT2D eigenvalue weighted by Gasteiger charge is -2.44. The summed E-state index contributed by atoms with van der Waals surface area (Å²) in [4.78, 5) is 44.3. The Labute approximate surface area is 210 Å². The van der Waals surface area contributed by atoms with Gasteiger partial charge in [-0.1, -0.05) is 6.07 Å². The molecule has 1 aromatic carbocycles. The maximum Gasteiger partial charge on any atom is 0.419 e. The second-order valence-electron chi connectivity index (χ2n) is 9.77. The van der Waals surface area contributed by atoms with E-state index in [1.807, 2.05) is 0 Å². The monoisotopic (exact) mass is 507 g/mol. The van der Waals surface area contributed by atoms with Crippen LogP contribution in [-0.4, -0.2) is 62.1 Å². The maximum absolute atomic E-state index is 14.4. The van der Waals surface area contributed by atoms with E-state index in [1.54, 1.807) is 25.2 Å². The van der Waals surface area contributed by atoms with Crippen molar-refractivity contribution in [2.75, 3.05) is 26.2 Å². The van der Waals surface area contributed by atoms with Gasteiger partial charge in [-0.25, -0.2) is 18.7 Å². The molecule has 3 saturated heterocycles. The Morgan fingerprint density at radius 2 is 1.97 bits per heavy atom. The molecule has 2 N–H and O–H groups in total. The summed E-state index contributed by atoms with van der Waals surface area (Å²) in [5, 5.41) is 9.65. The van der Waals surface area contributed by atoms with Gasteiger partial charge in [0.25, 0.3) is 11.8 Å². The molecule has 3 aliphatic rings. The molecule has 7 rings (SSSR count). The number of carbonyl (C=O) groups is 2. The van der Waals surface area contributed by atoms with Crippen molar-refractivity contribution >= 4 is 28.6 Å². The minimum Gasteiger partial charge on any atom is -0.408 e. The van der Waals surface area contributed by atoms with Crippen molar-refractivity contribution < 1.29 is 18.4 Å². The molecular formula is C25H26FN7O4. The second kappa shape index (κ2) is 9.11. The van der Waals surface area contributed by atoms with E-state index in [9.17, 15) is 18.8 Å². The highest BCUT2D eigenvalue weighted by Crippen LogP contribution is 2.31. The van der Waals surface area contributed by atoms with Gasteiger partial charge in [-0.15, -0.1) is 0 Å². The number of carbonyl (C=O) groups excluding carboxylic acids is 2. The average molecular weight is 508 g/mol. The minimum absolute atomic E-state index is 0.0372. The molecule has 192 valence electrons. The highest BCUT2D eigenvalue weighted by molar-refractivity contribution is 5.98. The number of aromatic nitrogens is 4. The average Bonchev–Trinajstić information content (AvgIpc) is 3.44. The fourth-order valence-corrected chi connectivity index (χ4v) is 5.40. The fraction of sp³-hybridized carbons (Fsp3) is 0.400. The van der Waals surface area contributed by atoms with Crippen molar-refractivity contribution in [3.63, 3.8) is 0 Å². The van der Waals surface area contributed by atoms with E-state index in [2.05, 4.69) is 25.6 Å². The van der Waals surface area contributed by atoms with Crippen molar-refractivity contribution in [1.82, 2.24) is 34.7 Å². The Morgan fingerprint density at radius 3 is 2.73 bits per heavy atom. The molecule has 4 aromatic rings. The molecular weight excluding hydrogens is 481 g/mol. The maximum atomic E-state index is 14.4. The number of fused-ring (bicyclic) bond motifs is 5. The van der Waals surface area contributed by atoms with Crippen LogP contribution in [0.25, 0.3) is 16.7 Å². The van der Waals surface area contributed by atoms with Crippen molar-refractivity contribution in [1.29, 1.82) is 0 Å². The quantitative estimate of drug-likeness (QED) is 0.403. The Bertz CT molecular complexity index is 1580. The van der Waals surface area contributed by atoms with E-state index < -0.39 is 23.4 Å². The van der Waals surface area contributed by atoms with Crippen molar-refractivity contribution in [3.05, 3.63) is 63.8 Å². The van der Waals surface area contributed by atoms with E-state index in [1.165, 1.54) is 10.6 Å². The number of piperidine rings is 3. The predicted octanol–water partition coefficient (Wildman–Crippen LogP) is 1.31. The Balaban J connectivity index is 1.20. The number of hydrogen-bond acceptors (Lipinski definition) is 7. The summed E-state index contributed by atoms with van der Waals surface area (Å²) < 4.78 is 22.0. The number of benzene rings is 1. The Morgan fingerprint density at radius 1 is 1.16 bits per heavy atom. The van der Waals surface area contributed by atoms with Gasteiger partial charge in [0.2, 0.25) is 0 Å². The highest BCUT2D eigenvalue weighted by atomic mass is 19.1. The first-order valence-corrected chi connectivity index (χ1v) is 12.3. The van der Waals surface area contributed by atoms with Gasteiger partial charge in [0.15, 0.2) is 17.0 Å². The number of aryl methyl sites for hydroxylation is 1. The number of nitrogens with one attached hydrogen (secondary N) is 2. The van der Waals surface area contributed by atoms with Gasteiger partial charge in [-0.3, -0.25) is 14.2 Å². The summed E-state index contributed by atoms with van der Waals surface area (Å²) in [5.74, 6) is -1.26. The van der Waals surface area contributed by atoms with Gasteiger partial charge >= 0.3 is 5.76 Å². The lowest BCUT2D eigenvalue weighted by Crippen LogP contribution is -2.50. The predicted molar refractivity (Wildman–Crippen MR) is 131 cm³/mol. The summed E-state index contributed by atoms with van der Waals surface area (Å²) in [6.07, 6.45) is 3.25. The second-order valence-corrected chi connectivity index (χ2v) is 9.77. The summed E-state index contributed by atoms with van der Waals surface area (Å²) in [7, 11) is 1.60. The summed E-state index contributed by atoms with van der Waals surface area (Å²) in [6.45, 7) is 3.82. The van der Waals surface area contributed by atoms with Crippen LogP contribution in [0.5, 0.6) is 0 Å². The Kier molecular flexibility index (Phi) is 5.75. The van der Waals surface area contributed by atoms with Crippen molar-refractivity contribution in [2.45, 2.75) is 19.4 Å². The summed E-state index contributed by atoms with van der Waals surface area (Å²) >= 11 is 0. The largest absolute Gasteiger partial charge is 0.419 e. The van der Waals surface area contributed by atoms with Crippen LogP contribution in [0.1, 0.15) is 39.4 Å². The van der Waals surface area contributed by atoms with E-state index in [0.717, 1.165) is 48.8 Å². The summed E-state index contributed by atoms with van der Waals surface area (Å²) in [6, 6.07) is 6.44. The zero-order valence-electron chi connectivity index (χ0n) is 20.2. The molecule has 2 bridgehead atoms. The normalized spacial score (nSPS) is 21.0. The van der Waals surface area contributed by atoms with E-state index in [-0.39, 0.29) is 23.6 Å². The number of rotatable bonds is 6. The van der Waals surface area contributed by atoms with Gasteiger partial charge in [0, 0.05) is 32.7 Å². The molecule has 11 nitrogen and oxygen atoms in total. The van der Waals surface area contributed by atoms with E-state index >= 15 is 0 Å². The van der Waals surface area contributed by atoms with Gasteiger partial charge in [0.1, 0.15) is 11.4 Å². The van der Waals surface area contributed by atoms with Crippen molar-refractivity contribution in [2.24, 2.45) is 18.9 Å². The molecule has 0 aliphatic carbocycles. The van der Waals surface area contributed by atoms with Crippen molar-refractivity contribution in [3.8, 4) is 0 Å². The van der Waals surface area contributed by atoms with Gasteiger partial charge < -0.3 is 20.0 Å². The zero-order chi connectivity index (χ0) is 25.7. The van der Waals surface area contributed by atoms with Gasteiger partial charge in [0.05, 0.1) is 11.7 Å². The van der Waals surface area contributed by atoms with Crippen LogP contribution in [0.2, 0.25) is 0 Å². The molecule has 6 heterocycles. The molecule has 3 fully saturated rings. The van der Waals surface area contributed by atoms with Crippen LogP contribution in [0.15, 0.2) is 39.7 Å². The first-order valence-electron chi connectivity index (χ1n) is 12.3. The molecule has 37 heavy (non-hydrogen) atoms. The SMILES string of the molecule is Cn1c(=O)oc2ccc(CNC(=O)c3cc(C(=O)NC[C@@H]4CN5CCC4CC5)n4ncc(F)c4n3)cc21. The molecule has 0 saturated carbocycles. The molecule has 3 aromatic heterocycles. The zero-order valence-corrected chi connectivity index (χ0v) is 20.2. The third-order valence-electron chi connectivity index (χ3n) is 7.52. The lowest BCUT2D eigenvalue weighted by molar-refractivity contribution is 0.0495. The standard InChI is InChI=1S/C25H26FN7O4/c1-31-19-8-14(2-3-21(19)37-25(31)36)10-27-23(34)18-9-20(33-22(30-18)17(26)12-29-33)24(35)28-11-16-13-32-6-4-15(16)5-7-32/h2-3,8-9,12,15-16H,4-7,10-11,13H2,1H3,(H,27,34)(H,28,35)/t16-/m1/s1. The van der Waals surface area contributed by atoms with Crippen LogP contribution < -0.4 is 16.4 Å². The minimum atomic E-state index is -0.729. The van der Waals surface area contributed by atoms with Crippen LogP contribution >= 0.6 is 0 Å². The molecule has 3 aliphatic heterocycles. The highest BCUT2D eigenvalue weighted by Gasteiger charge is 2.34. The van der Waals surface area contributed by atoms with Crippen LogP contribution in [0, 0.1) is 17.7 Å². The molecule has 2 amide bonds. The Hall–Kier alpha value is -4.06. The number of oxazole rings is 1. The van der Waals surface area contributed by atoms with Crippen LogP contribution in [0.3, 0.4) is 0 Å². The summed E-state index contributed by atoms with van der Waals surface area (Å²) in [5.41, 5.74) is 1.51. The number of hydrogen-bond donors (Lipinski definition) is 2. The van der Waals surface area contributed by atoms with Gasteiger partial charge in [-0.05, 0) is 55.5 Å². The molecule has 12 heteroatoms. The number of amides is 2. The number of halogens is 1. The first kappa shape index (κ1) is 23.3. The smallest absolute Gasteiger partial charge is 0.408 e. The van der Waals surface area contributed by atoms with Crippen LogP contribution in [0.4, 0.5) is 4.39 Å². The third kappa shape index (κ3) is 4.26.